The van der Waals surface area contributed by atoms with Crippen molar-refractivity contribution < 1.29 is 24.2 Å². The molecular formula is C46H88N2O5. The van der Waals surface area contributed by atoms with E-state index in [9.17, 15) is 19.5 Å². The number of nitrogens with two attached hydrogens (primary N) is 1. The zero-order valence-corrected chi connectivity index (χ0v) is 35.1. The average Bonchev–Trinajstić information content (AvgIpc) is 3.14. The summed E-state index contributed by atoms with van der Waals surface area (Å²) >= 11 is 0. The fourth-order valence-electron chi connectivity index (χ4n) is 7.09. The van der Waals surface area contributed by atoms with Crippen LogP contribution in [0.4, 0.5) is 0 Å². The number of hydrogen-bond donors (Lipinski definition) is 3. The smallest absolute Gasteiger partial charge is 0.326 e. The first-order valence-corrected chi connectivity index (χ1v) is 23.0. The van der Waals surface area contributed by atoms with Gasteiger partial charge in [-0.3, -0.25) is 9.59 Å². The van der Waals surface area contributed by atoms with Crippen LogP contribution in [0.1, 0.15) is 245 Å². The molecule has 4 N–H and O–H groups in total. The summed E-state index contributed by atoms with van der Waals surface area (Å²) in [7, 11) is 0. The van der Waals surface area contributed by atoms with Crippen molar-refractivity contribution in [2.24, 2.45) is 5.73 Å². The van der Waals surface area contributed by atoms with Crippen molar-refractivity contribution in [1.29, 1.82) is 0 Å². The molecule has 0 aliphatic rings. The minimum Gasteiger partial charge on any atom is -0.480 e. The molecule has 0 heterocycles. The predicted molar refractivity (Wildman–Crippen MR) is 225 cm³/mol. The molecule has 312 valence electrons. The lowest BCUT2D eigenvalue weighted by atomic mass is 10.0. The van der Waals surface area contributed by atoms with Gasteiger partial charge in [-0.2, -0.15) is 0 Å². The van der Waals surface area contributed by atoms with Crippen LogP contribution in [0.5, 0.6) is 0 Å². The average molecular weight is 749 g/mol. The quantitative estimate of drug-likeness (QED) is 0.0325. The monoisotopic (exact) mass is 749 g/mol. The fraction of sp³-hybridized carbons (Fsp3) is 0.891. The summed E-state index contributed by atoms with van der Waals surface area (Å²) < 4.78 is 6.05. The second kappa shape index (κ2) is 41.3. The van der Waals surface area contributed by atoms with Gasteiger partial charge >= 0.3 is 11.9 Å². The molecule has 7 nitrogen and oxygen atoms in total. The summed E-state index contributed by atoms with van der Waals surface area (Å²) in [5, 5.41) is 11.9. The third-order valence-corrected chi connectivity index (χ3v) is 10.6. The normalized spacial score (nSPS) is 12.7. The summed E-state index contributed by atoms with van der Waals surface area (Å²) in [4.78, 5) is 36.4. The van der Waals surface area contributed by atoms with Crippen LogP contribution in [0.3, 0.4) is 0 Å². The van der Waals surface area contributed by atoms with Gasteiger partial charge < -0.3 is 20.9 Å². The maximum absolute atomic E-state index is 12.8. The fourth-order valence-corrected chi connectivity index (χ4v) is 7.09. The molecule has 1 amide bonds. The lowest BCUT2D eigenvalue weighted by molar-refractivity contribution is -0.150. The Hall–Kier alpha value is -1.89. The molecule has 0 aliphatic carbocycles. The Labute approximate surface area is 328 Å². The Balaban J connectivity index is 4.22. The van der Waals surface area contributed by atoms with E-state index in [0.717, 1.165) is 64.2 Å². The number of ether oxygens (including phenoxy) is 1. The molecule has 0 rings (SSSR count). The Morgan fingerprint density at radius 2 is 0.925 bits per heavy atom. The van der Waals surface area contributed by atoms with Crippen LogP contribution in [0.2, 0.25) is 0 Å². The van der Waals surface area contributed by atoms with Gasteiger partial charge in [0.15, 0.2) is 0 Å². The van der Waals surface area contributed by atoms with Gasteiger partial charge in [-0.05, 0) is 83.6 Å². The van der Waals surface area contributed by atoms with Crippen molar-refractivity contribution in [2.45, 2.75) is 257 Å². The largest absolute Gasteiger partial charge is 0.480 e. The number of rotatable bonds is 42. The van der Waals surface area contributed by atoms with Crippen molar-refractivity contribution in [1.82, 2.24) is 5.32 Å². The molecule has 0 fully saturated rings. The summed E-state index contributed by atoms with van der Waals surface area (Å²) in [6, 6.07) is -0.854. The highest BCUT2D eigenvalue weighted by atomic mass is 16.5. The third-order valence-electron chi connectivity index (χ3n) is 10.6. The highest BCUT2D eigenvalue weighted by Crippen LogP contribution is 2.19. The first-order chi connectivity index (χ1) is 25.9. The molecule has 0 saturated heterocycles. The van der Waals surface area contributed by atoms with Gasteiger partial charge in [0, 0.05) is 12.8 Å². The number of amides is 1. The SMILES string of the molecule is CCCCCCCC/C=C\CCCCCCCCCC(=O)OC(CCCCCCCCCCCC)CCCCCCCC(=O)NC(CCCN)C(=O)O. The molecule has 0 aromatic heterocycles. The standard InChI is InChI=1S/C46H88N2O5/c1-3-5-7-9-11-13-15-16-17-18-19-20-21-23-25-30-34-40-45(50)53-42(36-31-27-24-22-14-12-10-8-6-4-2)37-32-28-26-29-33-39-44(49)48-43(46(51)52)38-35-41-47/h16-17,42-43H,3-15,18-41,47H2,1-2H3,(H,48,49)(H,51,52)/b17-16-. The van der Waals surface area contributed by atoms with Crippen LogP contribution in [0.25, 0.3) is 0 Å². The number of carbonyl (C=O) groups excluding carboxylic acids is 2. The first kappa shape index (κ1) is 51.1. The lowest BCUT2D eigenvalue weighted by Gasteiger charge is -2.18. The van der Waals surface area contributed by atoms with Crippen LogP contribution in [-0.2, 0) is 19.1 Å². The van der Waals surface area contributed by atoms with Gasteiger partial charge in [0.25, 0.3) is 0 Å². The van der Waals surface area contributed by atoms with Crippen LogP contribution in [0, 0.1) is 0 Å². The lowest BCUT2D eigenvalue weighted by Crippen LogP contribution is -2.40. The van der Waals surface area contributed by atoms with E-state index in [2.05, 4.69) is 31.3 Å². The van der Waals surface area contributed by atoms with E-state index in [0.29, 0.717) is 32.2 Å². The number of carbonyl (C=O) groups is 3. The number of hydrogen-bond acceptors (Lipinski definition) is 5. The van der Waals surface area contributed by atoms with Gasteiger partial charge in [-0.1, -0.05) is 167 Å². The molecule has 0 aromatic carbocycles. The highest BCUT2D eigenvalue weighted by Gasteiger charge is 2.19. The Bertz CT molecular complexity index is 848. The Kier molecular flexibility index (Phi) is 39.8. The third kappa shape index (κ3) is 38.2. The Morgan fingerprint density at radius 3 is 1.36 bits per heavy atom. The first-order valence-electron chi connectivity index (χ1n) is 23.0. The molecule has 53 heavy (non-hydrogen) atoms. The van der Waals surface area contributed by atoms with Gasteiger partial charge in [-0.15, -0.1) is 0 Å². The number of unbranched alkanes of at least 4 members (excludes halogenated alkanes) is 26. The summed E-state index contributed by atoms with van der Waals surface area (Å²) in [6.07, 6.45) is 45.4. The number of carboxylic acid groups (broad SMARTS) is 1. The number of esters is 1. The maximum Gasteiger partial charge on any atom is 0.326 e. The number of allylic oxidation sites excluding steroid dienone is 2. The van der Waals surface area contributed by atoms with Gasteiger partial charge in [-0.25, -0.2) is 4.79 Å². The van der Waals surface area contributed by atoms with E-state index in [-0.39, 0.29) is 18.0 Å². The van der Waals surface area contributed by atoms with Gasteiger partial charge in [0.1, 0.15) is 12.1 Å². The minimum atomic E-state index is -1.00. The van der Waals surface area contributed by atoms with Crippen LogP contribution < -0.4 is 11.1 Å². The number of nitrogens with one attached hydrogen (secondary N) is 1. The second-order valence-corrected chi connectivity index (χ2v) is 15.8. The van der Waals surface area contributed by atoms with Crippen molar-refractivity contribution >= 4 is 17.8 Å². The van der Waals surface area contributed by atoms with Gasteiger partial charge in [0.05, 0.1) is 0 Å². The molecule has 7 heteroatoms. The van der Waals surface area contributed by atoms with Crippen molar-refractivity contribution in [3.63, 3.8) is 0 Å². The number of carboxylic acids is 1. The molecular weight excluding hydrogens is 661 g/mol. The van der Waals surface area contributed by atoms with E-state index in [1.54, 1.807) is 0 Å². The zero-order chi connectivity index (χ0) is 38.9. The molecule has 0 aliphatic heterocycles. The predicted octanol–water partition coefficient (Wildman–Crippen LogP) is 13.1. The van der Waals surface area contributed by atoms with Crippen molar-refractivity contribution in [2.75, 3.05) is 6.54 Å². The maximum atomic E-state index is 12.8. The van der Waals surface area contributed by atoms with Crippen LogP contribution in [-0.4, -0.2) is 41.6 Å². The van der Waals surface area contributed by atoms with Crippen LogP contribution in [0.15, 0.2) is 12.2 Å². The summed E-state index contributed by atoms with van der Waals surface area (Å²) in [5.74, 6) is -1.22. The van der Waals surface area contributed by atoms with Gasteiger partial charge in [0.2, 0.25) is 5.91 Å². The molecule has 2 atom stereocenters. The second-order valence-electron chi connectivity index (χ2n) is 15.8. The van der Waals surface area contributed by atoms with E-state index in [4.69, 9.17) is 10.5 Å². The van der Waals surface area contributed by atoms with E-state index in [1.165, 1.54) is 141 Å². The minimum absolute atomic E-state index is 0.0173. The molecule has 0 bridgehead atoms. The van der Waals surface area contributed by atoms with E-state index >= 15 is 0 Å². The molecule has 0 radical (unpaired) electrons. The molecule has 0 spiro atoms. The molecule has 2 unspecified atom stereocenters. The Morgan fingerprint density at radius 1 is 0.528 bits per heavy atom. The highest BCUT2D eigenvalue weighted by molar-refractivity contribution is 5.83. The van der Waals surface area contributed by atoms with Crippen molar-refractivity contribution in [3.05, 3.63) is 12.2 Å². The van der Waals surface area contributed by atoms with E-state index < -0.39 is 12.0 Å². The summed E-state index contributed by atoms with van der Waals surface area (Å²) in [5.41, 5.74) is 5.49. The molecule has 0 saturated carbocycles. The zero-order valence-electron chi connectivity index (χ0n) is 35.1. The van der Waals surface area contributed by atoms with Crippen molar-refractivity contribution in [3.8, 4) is 0 Å². The molecule has 0 aromatic rings. The van der Waals surface area contributed by atoms with E-state index in [1.807, 2.05) is 0 Å². The topological polar surface area (TPSA) is 119 Å². The number of aliphatic carboxylic acids is 1. The van der Waals surface area contributed by atoms with Crippen LogP contribution >= 0.6 is 0 Å². The summed E-state index contributed by atoms with van der Waals surface area (Å²) in [6.45, 7) is 4.95.